The topological polar surface area (TPSA) is 116 Å². The van der Waals surface area contributed by atoms with Gasteiger partial charge in [0.25, 0.3) is 10.1 Å². The van der Waals surface area contributed by atoms with Crippen LogP contribution in [0.5, 0.6) is 0 Å². The largest absolute Gasteiger partial charge is 0.492 e. The fourth-order valence-corrected chi connectivity index (χ4v) is 2.53. The second-order valence-electron chi connectivity index (χ2n) is 3.47. The summed E-state index contributed by atoms with van der Waals surface area (Å²) in [5.41, 5.74) is 2.21. The van der Waals surface area contributed by atoms with Gasteiger partial charge in [-0.05, 0) is 12.8 Å². The highest BCUT2D eigenvalue weighted by molar-refractivity contribution is 7.86. The molecule has 0 saturated heterocycles. The van der Waals surface area contributed by atoms with E-state index in [0.717, 1.165) is 6.42 Å². The fraction of sp³-hybridized carbons (Fsp3) is 1.00. The molecule has 0 aromatic carbocycles. The third-order valence-electron chi connectivity index (χ3n) is 1.72. The van der Waals surface area contributed by atoms with Gasteiger partial charge in [-0.1, -0.05) is 13.3 Å². The van der Waals surface area contributed by atoms with E-state index >= 15 is 0 Å². The molecule has 7 nitrogen and oxygen atoms in total. The maximum atomic E-state index is 11.1. The van der Waals surface area contributed by atoms with Crippen LogP contribution in [0, 0.1) is 0 Å². The lowest BCUT2D eigenvalue weighted by Crippen LogP contribution is -2.35. The van der Waals surface area contributed by atoms with E-state index in [1.165, 1.54) is 0 Å². The number of hydrogen-bond acceptors (Lipinski definition) is 7. The number of unbranched alkanes of at least 4 members (excludes halogenated alkanes) is 1. The Labute approximate surface area is 96.5 Å². The van der Waals surface area contributed by atoms with E-state index in [0.29, 0.717) is 6.42 Å². The Balaban J connectivity index is 3.58. The van der Waals surface area contributed by atoms with Crippen molar-refractivity contribution in [3.63, 3.8) is 0 Å². The number of hydrogen-bond donors (Lipinski definition) is 4. The molecule has 0 radical (unpaired) electrons. The molecule has 4 N–H and O–H groups in total. The molecule has 0 saturated carbocycles. The molecule has 0 amide bonds. The molecule has 0 spiro atoms. The summed E-state index contributed by atoms with van der Waals surface area (Å²) in [6, 6.07) is -0.154. The second-order valence-corrected chi connectivity index (χ2v) is 7.21. The Bertz CT molecular complexity index is 275. The van der Waals surface area contributed by atoms with Gasteiger partial charge in [0.2, 0.25) is 0 Å². The van der Waals surface area contributed by atoms with Crippen molar-refractivity contribution in [3.05, 3.63) is 0 Å². The number of nitrogens with one attached hydrogen (secondary N) is 1. The van der Waals surface area contributed by atoms with Crippen LogP contribution in [0.1, 0.15) is 26.2 Å². The van der Waals surface area contributed by atoms with E-state index in [1.807, 2.05) is 6.92 Å². The van der Waals surface area contributed by atoms with E-state index in [-0.39, 0.29) is 24.8 Å². The van der Waals surface area contributed by atoms with Crippen LogP contribution in [0.4, 0.5) is 0 Å². The molecule has 9 heteroatoms. The lowest BCUT2D eigenvalue weighted by molar-refractivity contribution is 0.196. The van der Waals surface area contributed by atoms with Crippen LogP contribution in [-0.4, -0.2) is 43.9 Å². The van der Waals surface area contributed by atoms with Crippen molar-refractivity contribution in [1.82, 2.24) is 5.48 Å². The van der Waals surface area contributed by atoms with Crippen LogP contribution in [0.2, 0.25) is 6.04 Å². The molecule has 0 unspecified atom stereocenters. The van der Waals surface area contributed by atoms with Crippen molar-refractivity contribution >= 4 is 18.9 Å². The molecule has 16 heavy (non-hydrogen) atoms. The molecule has 0 aliphatic carbocycles. The van der Waals surface area contributed by atoms with Gasteiger partial charge in [-0.3, -0.25) is 0 Å². The van der Waals surface area contributed by atoms with Crippen LogP contribution < -0.4 is 5.48 Å². The van der Waals surface area contributed by atoms with Gasteiger partial charge in [0.1, 0.15) is 0 Å². The molecular formula is C7H19NO6SSi. The minimum atomic E-state index is -4.02. The normalized spacial score (nSPS) is 13.0. The first kappa shape index (κ1) is 16.0. The van der Waals surface area contributed by atoms with Crippen LogP contribution in [-0.2, 0) is 14.4 Å². The smallest absolute Gasteiger partial charge is 0.390 e. The SMILES string of the molecule is CCCCS(=O)(=O)ONCCC[Si](O)(O)O. The first-order valence-corrected chi connectivity index (χ1v) is 8.70. The standard InChI is InChI=1S/C7H19NO6SSi/c1-2-3-6-15(9,10)14-8-5-4-7-16(11,12)13/h8,11-13H,2-7H2,1H3. The van der Waals surface area contributed by atoms with Crippen molar-refractivity contribution < 1.29 is 27.1 Å². The van der Waals surface area contributed by atoms with Crippen molar-refractivity contribution in [1.29, 1.82) is 0 Å². The maximum Gasteiger partial charge on any atom is 0.492 e. The first-order chi connectivity index (χ1) is 7.27. The van der Waals surface area contributed by atoms with Gasteiger partial charge in [0.15, 0.2) is 0 Å². The summed E-state index contributed by atoms with van der Waals surface area (Å²) in [6.07, 6.45) is 1.51. The molecular weight excluding hydrogens is 254 g/mol. The minimum absolute atomic E-state index is 0.0464. The zero-order chi connectivity index (χ0) is 12.7. The average Bonchev–Trinajstić information content (AvgIpc) is 2.12. The van der Waals surface area contributed by atoms with Crippen LogP contribution in [0.3, 0.4) is 0 Å². The van der Waals surface area contributed by atoms with E-state index in [9.17, 15) is 8.42 Å². The van der Waals surface area contributed by atoms with Gasteiger partial charge in [-0.2, -0.15) is 18.2 Å². The predicted molar refractivity (Wildman–Crippen MR) is 59.6 cm³/mol. The highest BCUT2D eigenvalue weighted by Crippen LogP contribution is 2.01. The predicted octanol–water partition coefficient (Wildman–Crippen LogP) is -1.06. The molecule has 0 fully saturated rings. The summed E-state index contributed by atoms with van der Waals surface area (Å²) in [6.45, 7) is 2.00. The minimum Gasteiger partial charge on any atom is -0.390 e. The maximum absolute atomic E-state index is 11.1. The third-order valence-corrected chi connectivity index (χ3v) is 3.91. The van der Waals surface area contributed by atoms with Gasteiger partial charge in [-0.15, -0.1) is 0 Å². The van der Waals surface area contributed by atoms with Gasteiger partial charge in [0.05, 0.1) is 5.75 Å². The Morgan fingerprint density at radius 3 is 2.38 bits per heavy atom. The molecule has 0 aromatic heterocycles. The molecule has 0 bridgehead atoms. The Hall–Kier alpha value is -0.0331. The second kappa shape index (κ2) is 7.32. The Morgan fingerprint density at radius 1 is 1.25 bits per heavy atom. The zero-order valence-electron chi connectivity index (χ0n) is 9.22. The first-order valence-electron chi connectivity index (χ1n) is 5.08. The average molecular weight is 273 g/mol. The zero-order valence-corrected chi connectivity index (χ0v) is 11.0. The van der Waals surface area contributed by atoms with Gasteiger partial charge >= 0.3 is 8.80 Å². The van der Waals surface area contributed by atoms with Gasteiger partial charge in [0, 0.05) is 12.6 Å². The van der Waals surface area contributed by atoms with Crippen LogP contribution in [0.15, 0.2) is 0 Å². The summed E-state index contributed by atoms with van der Waals surface area (Å²) in [7, 11) is -7.57. The van der Waals surface area contributed by atoms with Gasteiger partial charge in [-0.25, -0.2) is 0 Å². The highest BCUT2D eigenvalue weighted by Gasteiger charge is 2.25. The molecule has 0 atom stereocenters. The molecule has 0 heterocycles. The number of rotatable bonds is 9. The van der Waals surface area contributed by atoms with Crippen molar-refractivity contribution in [2.75, 3.05) is 12.3 Å². The number of hydroxylamine groups is 1. The summed E-state index contributed by atoms with van der Waals surface area (Å²) in [5.74, 6) is -0.0464. The van der Waals surface area contributed by atoms with E-state index in [4.69, 9.17) is 14.4 Å². The van der Waals surface area contributed by atoms with Crippen molar-refractivity contribution in [2.45, 2.75) is 32.2 Å². The lowest BCUT2D eigenvalue weighted by atomic mass is 10.4. The Morgan fingerprint density at radius 2 is 1.88 bits per heavy atom. The van der Waals surface area contributed by atoms with E-state index in [2.05, 4.69) is 9.76 Å². The lowest BCUT2D eigenvalue weighted by Gasteiger charge is -2.09. The van der Waals surface area contributed by atoms with E-state index in [1.54, 1.807) is 0 Å². The van der Waals surface area contributed by atoms with E-state index < -0.39 is 18.9 Å². The summed E-state index contributed by atoms with van der Waals surface area (Å²) in [5, 5.41) is 0. The molecule has 0 aliphatic heterocycles. The van der Waals surface area contributed by atoms with Crippen LogP contribution in [0.25, 0.3) is 0 Å². The Kier molecular flexibility index (Phi) is 7.31. The van der Waals surface area contributed by atoms with Crippen molar-refractivity contribution in [3.8, 4) is 0 Å². The summed E-state index contributed by atoms with van der Waals surface area (Å²) in [4.78, 5) is 26.0. The summed E-state index contributed by atoms with van der Waals surface area (Å²) >= 11 is 0. The van der Waals surface area contributed by atoms with Crippen molar-refractivity contribution in [2.24, 2.45) is 0 Å². The molecule has 98 valence electrons. The van der Waals surface area contributed by atoms with Crippen LogP contribution >= 0.6 is 0 Å². The van der Waals surface area contributed by atoms with Gasteiger partial charge < -0.3 is 14.4 Å². The molecule has 0 aromatic rings. The fourth-order valence-electron chi connectivity index (χ4n) is 0.892. The summed E-state index contributed by atoms with van der Waals surface area (Å²) < 4.78 is 26.7. The highest BCUT2D eigenvalue weighted by atomic mass is 32.2. The molecule has 0 aliphatic rings. The third kappa shape index (κ3) is 10.5. The monoisotopic (exact) mass is 273 g/mol. The quantitative estimate of drug-likeness (QED) is 0.240. The molecule has 0 rings (SSSR count).